The minimum Gasteiger partial charge on any atom is -0.492 e. The second-order valence-electron chi connectivity index (χ2n) is 5.74. The van der Waals surface area contributed by atoms with Gasteiger partial charge in [0, 0.05) is 11.1 Å². The molecule has 3 aromatic carbocycles. The first-order valence-corrected chi connectivity index (χ1v) is 8.38. The van der Waals surface area contributed by atoms with Crippen molar-refractivity contribution in [1.29, 1.82) is 0 Å². The number of carbonyl (C=O) groups excluding carboxylic acids is 2. The fourth-order valence-corrected chi connectivity index (χ4v) is 2.56. The van der Waals surface area contributed by atoms with Gasteiger partial charge in [0.25, 0.3) is 5.91 Å². The minimum absolute atomic E-state index is 0.144. The molecule has 3 aromatic rings. The number of ether oxygens (including phenoxy) is 1. The molecule has 4 heteroatoms. The molecule has 0 bridgehead atoms. The third-order valence-electron chi connectivity index (χ3n) is 3.90. The number of hydrogen-bond donors (Lipinski definition) is 1. The van der Waals surface area contributed by atoms with Gasteiger partial charge >= 0.3 is 0 Å². The number of para-hydroxylation sites is 1. The monoisotopic (exact) mass is 345 g/mol. The van der Waals surface area contributed by atoms with Gasteiger partial charge in [-0.15, -0.1) is 0 Å². The highest BCUT2D eigenvalue weighted by Gasteiger charge is 2.06. The number of amides is 1. The average molecular weight is 345 g/mol. The molecular formula is C22H19NO3. The number of carbonyl (C=O) groups is 2. The zero-order chi connectivity index (χ0) is 18.2. The minimum atomic E-state index is -0.144. The van der Waals surface area contributed by atoms with Crippen molar-refractivity contribution in [3.63, 3.8) is 0 Å². The lowest BCUT2D eigenvalue weighted by Gasteiger charge is -2.08. The Hall–Kier alpha value is -3.40. The molecule has 130 valence electrons. The van der Waals surface area contributed by atoms with Crippen LogP contribution in [0.3, 0.4) is 0 Å². The van der Waals surface area contributed by atoms with Gasteiger partial charge in [-0.05, 0) is 41.5 Å². The van der Waals surface area contributed by atoms with Crippen LogP contribution in [0.2, 0.25) is 0 Å². The van der Waals surface area contributed by atoms with Crippen LogP contribution in [-0.4, -0.2) is 25.3 Å². The molecule has 0 aromatic heterocycles. The maximum absolute atomic E-state index is 12.2. The molecule has 0 heterocycles. The van der Waals surface area contributed by atoms with E-state index in [0.29, 0.717) is 24.3 Å². The molecule has 0 radical (unpaired) electrons. The third-order valence-corrected chi connectivity index (χ3v) is 3.90. The van der Waals surface area contributed by atoms with Gasteiger partial charge in [-0.3, -0.25) is 9.59 Å². The van der Waals surface area contributed by atoms with E-state index in [4.69, 9.17) is 4.74 Å². The molecule has 0 aliphatic rings. The van der Waals surface area contributed by atoms with Crippen molar-refractivity contribution < 1.29 is 14.3 Å². The van der Waals surface area contributed by atoms with Crippen LogP contribution >= 0.6 is 0 Å². The van der Waals surface area contributed by atoms with Crippen molar-refractivity contribution in [2.45, 2.75) is 0 Å². The zero-order valence-corrected chi connectivity index (χ0v) is 14.2. The van der Waals surface area contributed by atoms with Gasteiger partial charge in [-0.2, -0.15) is 0 Å². The van der Waals surface area contributed by atoms with E-state index in [1.165, 1.54) is 0 Å². The van der Waals surface area contributed by atoms with Gasteiger partial charge in [0.15, 0.2) is 0 Å². The van der Waals surface area contributed by atoms with Crippen LogP contribution in [0.1, 0.15) is 20.7 Å². The molecule has 26 heavy (non-hydrogen) atoms. The topological polar surface area (TPSA) is 55.4 Å². The van der Waals surface area contributed by atoms with E-state index in [1.807, 2.05) is 60.7 Å². The highest BCUT2D eigenvalue weighted by molar-refractivity contribution is 5.94. The van der Waals surface area contributed by atoms with Crippen LogP contribution in [0.15, 0.2) is 78.9 Å². The lowest BCUT2D eigenvalue weighted by molar-refractivity contribution is 0.0946. The average Bonchev–Trinajstić information content (AvgIpc) is 2.72. The lowest BCUT2D eigenvalue weighted by atomic mass is 10.0. The summed E-state index contributed by atoms with van der Waals surface area (Å²) in [6, 6.07) is 24.1. The predicted octanol–water partition coefficient (Wildman–Crippen LogP) is 3.97. The Morgan fingerprint density at radius 2 is 1.65 bits per heavy atom. The Labute approximate surface area is 152 Å². The molecule has 0 saturated heterocycles. The molecule has 0 unspecified atom stereocenters. The Morgan fingerprint density at radius 1 is 0.885 bits per heavy atom. The Balaban J connectivity index is 1.54. The van der Waals surface area contributed by atoms with Crippen LogP contribution in [0, 0.1) is 0 Å². The Bertz CT molecular complexity index is 873. The smallest absolute Gasteiger partial charge is 0.251 e. The van der Waals surface area contributed by atoms with Crippen molar-refractivity contribution in [3.8, 4) is 16.9 Å². The molecule has 1 amide bonds. The van der Waals surface area contributed by atoms with E-state index in [9.17, 15) is 9.59 Å². The number of aldehydes is 1. The fourth-order valence-electron chi connectivity index (χ4n) is 2.56. The highest BCUT2D eigenvalue weighted by atomic mass is 16.5. The van der Waals surface area contributed by atoms with E-state index < -0.39 is 0 Å². The van der Waals surface area contributed by atoms with Gasteiger partial charge < -0.3 is 10.1 Å². The summed E-state index contributed by atoms with van der Waals surface area (Å²) in [6.45, 7) is 0.836. The summed E-state index contributed by atoms with van der Waals surface area (Å²) in [5.74, 6) is 0.638. The van der Waals surface area contributed by atoms with Crippen LogP contribution < -0.4 is 10.1 Å². The third kappa shape index (κ3) is 4.57. The first kappa shape index (κ1) is 17.4. The molecule has 0 fully saturated rings. The molecular weight excluding hydrogens is 326 g/mol. The van der Waals surface area contributed by atoms with E-state index in [0.717, 1.165) is 23.2 Å². The Kier molecular flexibility index (Phi) is 5.78. The standard InChI is InChI=1S/C22H19NO3/c24-16-17-5-4-6-20(15-17)18-9-11-19(12-10-18)22(25)23-13-14-26-21-7-2-1-3-8-21/h1-12,15-16H,13-14H2,(H,23,25). The van der Waals surface area contributed by atoms with Gasteiger partial charge in [0.05, 0.1) is 6.54 Å². The zero-order valence-electron chi connectivity index (χ0n) is 14.2. The second-order valence-corrected chi connectivity index (χ2v) is 5.74. The summed E-state index contributed by atoms with van der Waals surface area (Å²) < 4.78 is 5.55. The molecule has 0 atom stereocenters. The second kappa shape index (κ2) is 8.62. The van der Waals surface area contributed by atoms with Crippen molar-refractivity contribution in [2.75, 3.05) is 13.2 Å². The molecule has 0 aliphatic heterocycles. The first-order valence-electron chi connectivity index (χ1n) is 8.38. The quantitative estimate of drug-likeness (QED) is 0.521. The summed E-state index contributed by atoms with van der Waals surface area (Å²) in [4.78, 5) is 23.1. The number of nitrogens with one attached hydrogen (secondary N) is 1. The molecule has 0 spiro atoms. The van der Waals surface area contributed by atoms with E-state index in [-0.39, 0.29) is 5.91 Å². The van der Waals surface area contributed by atoms with Crippen molar-refractivity contribution >= 4 is 12.2 Å². The summed E-state index contributed by atoms with van der Waals surface area (Å²) >= 11 is 0. The van der Waals surface area contributed by atoms with Crippen LogP contribution in [0.4, 0.5) is 0 Å². The fraction of sp³-hybridized carbons (Fsp3) is 0.0909. The number of hydrogen-bond acceptors (Lipinski definition) is 3. The predicted molar refractivity (Wildman–Crippen MR) is 102 cm³/mol. The normalized spacial score (nSPS) is 10.2. The summed E-state index contributed by atoms with van der Waals surface area (Å²) in [6.07, 6.45) is 0.822. The van der Waals surface area contributed by atoms with Crippen molar-refractivity contribution in [2.24, 2.45) is 0 Å². The maximum Gasteiger partial charge on any atom is 0.251 e. The van der Waals surface area contributed by atoms with Crippen molar-refractivity contribution in [3.05, 3.63) is 90.0 Å². The van der Waals surface area contributed by atoms with Crippen molar-refractivity contribution in [1.82, 2.24) is 5.32 Å². The summed E-state index contributed by atoms with van der Waals surface area (Å²) in [7, 11) is 0. The lowest BCUT2D eigenvalue weighted by Crippen LogP contribution is -2.28. The van der Waals surface area contributed by atoms with E-state index >= 15 is 0 Å². The number of benzene rings is 3. The molecule has 4 nitrogen and oxygen atoms in total. The van der Waals surface area contributed by atoms with Gasteiger partial charge in [-0.1, -0.05) is 48.5 Å². The summed E-state index contributed by atoms with van der Waals surface area (Å²) in [5, 5.41) is 2.84. The van der Waals surface area contributed by atoms with E-state index in [2.05, 4.69) is 5.32 Å². The molecule has 0 aliphatic carbocycles. The SMILES string of the molecule is O=Cc1cccc(-c2ccc(C(=O)NCCOc3ccccc3)cc2)c1. The van der Waals surface area contributed by atoms with Crippen LogP contribution in [0.5, 0.6) is 5.75 Å². The van der Waals surface area contributed by atoms with Gasteiger partial charge in [0.2, 0.25) is 0 Å². The maximum atomic E-state index is 12.2. The first-order chi connectivity index (χ1) is 12.8. The highest BCUT2D eigenvalue weighted by Crippen LogP contribution is 2.20. The summed E-state index contributed by atoms with van der Waals surface area (Å²) in [5.41, 5.74) is 3.11. The van der Waals surface area contributed by atoms with Crippen LogP contribution in [-0.2, 0) is 0 Å². The Morgan fingerprint density at radius 3 is 2.38 bits per heavy atom. The molecule has 1 N–H and O–H groups in total. The molecule has 3 rings (SSSR count). The number of rotatable bonds is 7. The largest absolute Gasteiger partial charge is 0.492 e. The van der Waals surface area contributed by atoms with E-state index in [1.54, 1.807) is 18.2 Å². The van der Waals surface area contributed by atoms with Gasteiger partial charge in [0.1, 0.15) is 18.6 Å². The van der Waals surface area contributed by atoms with Crippen LogP contribution in [0.25, 0.3) is 11.1 Å². The molecule has 0 saturated carbocycles. The van der Waals surface area contributed by atoms with Gasteiger partial charge in [-0.25, -0.2) is 0 Å².